The summed E-state index contributed by atoms with van der Waals surface area (Å²) in [6, 6.07) is 11.6. The minimum absolute atomic E-state index is 0.0816. The van der Waals surface area contributed by atoms with E-state index < -0.39 is 12.7 Å². The van der Waals surface area contributed by atoms with Crippen LogP contribution in [0.15, 0.2) is 36.4 Å². The molecule has 206 valence electrons. The number of amides is 1. The molecule has 1 amide bonds. The molecule has 6 rings (SSSR count). The van der Waals surface area contributed by atoms with E-state index in [4.69, 9.17) is 15.5 Å². The van der Waals surface area contributed by atoms with Crippen molar-refractivity contribution >= 4 is 27.8 Å². The number of aliphatic hydroxyl groups excluding tert-OH is 1. The first-order valence-electron chi connectivity index (χ1n) is 13.9. The second kappa shape index (κ2) is 10.3. The smallest absolute Gasteiger partial charge is 0.254 e. The molecule has 2 aromatic carbocycles. The Bertz CT molecular complexity index is 1540. The van der Waals surface area contributed by atoms with Crippen molar-refractivity contribution in [3.8, 4) is 17.3 Å². The van der Waals surface area contributed by atoms with Crippen LogP contribution >= 0.6 is 0 Å². The van der Waals surface area contributed by atoms with Crippen molar-refractivity contribution in [1.82, 2.24) is 19.0 Å². The molecule has 0 radical (unpaired) electrons. The number of para-hydroxylation sites is 1. The molecule has 1 fully saturated rings. The third-order valence-corrected chi connectivity index (χ3v) is 8.04. The van der Waals surface area contributed by atoms with E-state index in [1.54, 1.807) is 4.90 Å². The fourth-order valence-corrected chi connectivity index (χ4v) is 5.73. The number of rotatable bonds is 10. The average Bonchev–Trinajstić information content (AvgIpc) is 3.59. The van der Waals surface area contributed by atoms with Crippen LogP contribution in [0.1, 0.15) is 42.1 Å². The van der Waals surface area contributed by atoms with Gasteiger partial charge in [0.25, 0.3) is 5.91 Å². The number of aromatic nitrogens is 3. The summed E-state index contributed by atoms with van der Waals surface area (Å²) in [4.78, 5) is 19.9. The zero-order valence-corrected chi connectivity index (χ0v) is 22.6. The summed E-state index contributed by atoms with van der Waals surface area (Å²) in [5.74, 6) is 2.16. The molecule has 39 heavy (non-hydrogen) atoms. The second-order valence-electron chi connectivity index (χ2n) is 11.1. The van der Waals surface area contributed by atoms with Crippen LogP contribution in [-0.2, 0) is 20.0 Å². The minimum Gasteiger partial charge on any atom is -0.488 e. The summed E-state index contributed by atoms with van der Waals surface area (Å²) in [6.45, 7) is 3.03. The number of ether oxygens (including phenoxy) is 1. The van der Waals surface area contributed by atoms with E-state index in [1.807, 2.05) is 32.2 Å². The number of carbonyl (C=O) groups is 1. The van der Waals surface area contributed by atoms with Gasteiger partial charge in [0.2, 0.25) is 0 Å². The zero-order valence-electron chi connectivity index (χ0n) is 22.6. The van der Waals surface area contributed by atoms with E-state index in [0.29, 0.717) is 30.9 Å². The Morgan fingerprint density at radius 3 is 2.82 bits per heavy atom. The SMILES string of the molecule is C[C@H](CCO)Oc1cccc2cc(-c3nc4cc5c(cc4n3C)CCN(C[C@H](N)CF)C5=O)n(CC3CC3)c12. The highest BCUT2D eigenvalue weighted by molar-refractivity contribution is 6.01. The van der Waals surface area contributed by atoms with E-state index in [0.717, 1.165) is 51.3 Å². The van der Waals surface area contributed by atoms with Gasteiger partial charge >= 0.3 is 0 Å². The third kappa shape index (κ3) is 4.78. The Morgan fingerprint density at radius 1 is 1.26 bits per heavy atom. The maximum absolute atomic E-state index is 13.2. The standard InChI is InChI=1S/C30H36FN5O3/c1-18(9-11-37)39-27-5-3-4-21-13-26(36(28(21)27)16-19-6-7-19)29-33-24-14-23-20(12-25(24)34(29)2)8-10-35(30(23)38)17-22(32)15-31/h3-5,12-14,18-19,22,37H,6-11,15-17,32H2,1-2H3/t18-,22-/m1/s1. The molecule has 3 heterocycles. The summed E-state index contributed by atoms with van der Waals surface area (Å²) in [5, 5.41) is 10.5. The van der Waals surface area contributed by atoms with E-state index in [-0.39, 0.29) is 25.2 Å². The lowest BCUT2D eigenvalue weighted by Crippen LogP contribution is -2.45. The van der Waals surface area contributed by atoms with Crippen molar-refractivity contribution in [1.29, 1.82) is 0 Å². The number of hydrogen-bond acceptors (Lipinski definition) is 5. The van der Waals surface area contributed by atoms with Gasteiger partial charge in [-0.1, -0.05) is 12.1 Å². The summed E-state index contributed by atoms with van der Waals surface area (Å²) >= 11 is 0. The molecule has 0 bridgehead atoms. The van der Waals surface area contributed by atoms with Crippen LogP contribution in [0.2, 0.25) is 0 Å². The van der Waals surface area contributed by atoms with Crippen LogP contribution in [0.5, 0.6) is 5.75 Å². The molecule has 2 aliphatic rings. The predicted molar refractivity (Wildman–Crippen MR) is 150 cm³/mol. The Kier molecular flexibility index (Phi) is 6.81. The minimum atomic E-state index is -0.672. The lowest BCUT2D eigenvalue weighted by molar-refractivity contribution is 0.0725. The van der Waals surface area contributed by atoms with Gasteiger partial charge in [-0.25, -0.2) is 9.37 Å². The van der Waals surface area contributed by atoms with Crippen LogP contribution < -0.4 is 10.5 Å². The third-order valence-electron chi connectivity index (χ3n) is 8.04. The predicted octanol–water partition coefficient (Wildman–Crippen LogP) is 4.05. The summed E-state index contributed by atoms with van der Waals surface area (Å²) < 4.78 is 23.7. The Balaban J connectivity index is 1.44. The Labute approximate surface area is 227 Å². The summed E-state index contributed by atoms with van der Waals surface area (Å²) in [5.41, 5.74) is 11.2. The molecule has 2 aromatic heterocycles. The normalized spacial score (nSPS) is 17.2. The van der Waals surface area contributed by atoms with Crippen molar-refractivity contribution in [2.45, 2.75) is 51.3 Å². The fraction of sp³-hybridized carbons (Fsp3) is 0.467. The van der Waals surface area contributed by atoms with E-state index >= 15 is 0 Å². The Hall–Kier alpha value is -3.43. The topological polar surface area (TPSA) is 98.5 Å². The van der Waals surface area contributed by atoms with Crippen LogP contribution in [0, 0.1) is 5.92 Å². The molecular formula is C30H36FN5O3. The highest BCUT2D eigenvalue weighted by Crippen LogP contribution is 2.39. The van der Waals surface area contributed by atoms with Crippen molar-refractivity contribution in [3.05, 3.63) is 47.5 Å². The van der Waals surface area contributed by atoms with Gasteiger partial charge in [0.15, 0.2) is 5.82 Å². The van der Waals surface area contributed by atoms with Crippen LogP contribution in [0.3, 0.4) is 0 Å². The maximum atomic E-state index is 13.2. The van der Waals surface area contributed by atoms with Crippen LogP contribution in [-0.4, -0.2) is 68.5 Å². The van der Waals surface area contributed by atoms with Crippen molar-refractivity contribution in [2.24, 2.45) is 18.7 Å². The van der Waals surface area contributed by atoms with Gasteiger partial charge in [-0.2, -0.15) is 0 Å². The van der Waals surface area contributed by atoms with Gasteiger partial charge < -0.3 is 29.6 Å². The molecule has 9 heteroatoms. The highest BCUT2D eigenvalue weighted by Gasteiger charge is 2.29. The van der Waals surface area contributed by atoms with Crippen LogP contribution in [0.4, 0.5) is 4.39 Å². The second-order valence-corrected chi connectivity index (χ2v) is 11.1. The molecule has 8 nitrogen and oxygen atoms in total. The largest absolute Gasteiger partial charge is 0.488 e. The quantitative estimate of drug-likeness (QED) is 0.321. The summed E-state index contributed by atoms with van der Waals surface area (Å²) in [7, 11) is 2.02. The monoisotopic (exact) mass is 533 g/mol. The van der Waals surface area contributed by atoms with Gasteiger partial charge in [0.1, 0.15) is 12.4 Å². The lowest BCUT2D eigenvalue weighted by Gasteiger charge is -2.30. The molecule has 0 spiro atoms. The molecule has 4 aromatic rings. The first kappa shape index (κ1) is 25.8. The molecule has 0 unspecified atom stereocenters. The lowest BCUT2D eigenvalue weighted by atomic mass is 9.97. The number of benzene rings is 2. The molecule has 2 atom stereocenters. The van der Waals surface area contributed by atoms with Crippen LogP contribution in [0.25, 0.3) is 33.5 Å². The van der Waals surface area contributed by atoms with Gasteiger partial charge in [-0.15, -0.1) is 0 Å². The zero-order chi connectivity index (χ0) is 27.3. The number of alkyl halides is 1. The highest BCUT2D eigenvalue weighted by atomic mass is 19.1. The first-order chi connectivity index (χ1) is 18.9. The average molecular weight is 534 g/mol. The molecule has 1 saturated carbocycles. The number of fused-ring (bicyclic) bond motifs is 3. The molecule has 1 aliphatic carbocycles. The number of aliphatic hydroxyl groups is 1. The number of aryl methyl sites for hydroxylation is 1. The van der Waals surface area contributed by atoms with E-state index in [9.17, 15) is 14.3 Å². The van der Waals surface area contributed by atoms with E-state index in [1.165, 1.54) is 12.8 Å². The number of carbonyl (C=O) groups excluding carboxylic acids is 1. The van der Waals surface area contributed by atoms with Crippen molar-refractivity contribution < 1.29 is 19.0 Å². The molecular weight excluding hydrogens is 497 g/mol. The number of halogens is 1. The molecule has 0 saturated heterocycles. The van der Waals surface area contributed by atoms with Gasteiger partial charge in [0.05, 0.1) is 34.4 Å². The molecule has 3 N–H and O–H groups in total. The van der Waals surface area contributed by atoms with Gasteiger partial charge in [-0.3, -0.25) is 4.79 Å². The number of nitrogens with two attached hydrogens (primary N) is 1. The Morgan fingerprint density at radius 2 is 2.08 bits per heavy atom. The number of hydrogen-bond donors (Lipinski definition) is 2. The maximum Gasteiger partial charge on any atom is 0.254 e. The van der Waals surface area contributed by atoms with Crippen molar-refractivity contribution in [2.75, 3.05) is 26.4 Å². The van der Waals surface area contributed by atoms with Gasteiger partial charge in [-0.05, 0) is 61.9 Å². The summed E-state index contributed by atoms with van der Waals surface area (Å²) in [6.07, 6.45) is 3.58. The number of imidazole rings is 1. The van der Waals surface area contributed by atoms with Crippen molar-refractivity contribution in [3.63, 3.8) is 0 Å². The fourth-order valence-electron chi connectivity index (χ4n) is 5.73. The first-order valence-corrected chi connectivity index (χ1v) is 13.9. The van der Waals surface area contributed by atoms with Gasteiger partial charge in [0, 0.05) is 50.7 Å². The van der Waals surface area contributed by atoms with E-state index in [2.05, 4.69) is 27.3 Å². The molecule has 1 aliphatic heterocycles. The number of nitrogens with zero attached hydrogens (tertiary/aromatic N) is 4.